The van der Waals surface area contributed by atoms with Crippen LogP contribution in [0.5, 0.6) is 0 Å². The summed E-state index contributed by atoms with van der Waals surface area (Å²) in [7, 11) is -3.55. The maximum absolute atomic E-state index is 12.6. The number of ether oxygens (including phenoxy) is 2. The first-order valence-electron chi connectivity index (χ1n) is 9.80. The van der Waals surface area contributed by atoms with Crippen molar-refractivity contribution in [2.45, 2.75) is 31.1 Å². The van der Waals surface area contributed by atoms with Crippen molar-refractivity contribution in [3.63, 3.8) is 0 Å². The van der Waals surface area contributed by atoms with Gasteiger partial charge in [0.1, 0.15) is 6.10 Å². The van der Waals surface area contributed by atoms with Gasteiger partial charge >= 0.3 is 0 Å². The average molecular weight is 423 g/mol. The van der Waals surface area contributed by atoms with Gasteiger partial charge in [0, 0.05) is 5.41 Å². The van der Waals surface area contributed by atoms with Crippen molar-refractivity contribution in [2.24, 2.45) is 0 Å². The first-order valence-corrected chi connectivity index (χ1v) is 11.3. The Morgan fingerprint density at radius 2 is 1.37 bits per heavy atom. The molecule has 5 heteroatoms. The zero-order chi connectivity index (χ0) is 21.2. The largest absolute Gasteiger partial charge is 0.374 e. The van der Waals surface area contributed by atoms with E-state index >= 15 is 0 Å². The van der Waals surface area contributed by atoms with Gasteiger partial charge in [0.15, 0.2) is 9.84 Å². The van der Waals surface area contributed by atoms with Crippen LogP contribution in [0.1, 0.15) is 16.7 Å². The highest BCUT2D eigenvalue weighted by molar-refractivity contribution is 7.94. The molecule has 0 radical (unpaired) electrons. The molecule has 0 unspecified atom stereocenters. The molecule has 0 aliphatic heterocycles. The van der Waals surface area contributed by atoms with Crippen molar-refractivity contribution >= 4 is 9.84 Å². The Bertz CT molecular complexity index is 1030. The van der Waals surface area contributed by atoms with E-state index < -0.39 is 15.9 Å². The number of rotatable bonds is 10. The van der Waals surface area contributed by atoms with E-state index in [1.54, 1.807) is 30.3 Å². The summed E-state index contributed by atoms with van der Waals surface area (Å²) < 4.78 is 37.0. The molecule has 0 saturated heterocycles. The van der Waals surface area contributed by atoms with Gasteiger partial charge in [0.05, 0.1) is 24.7 Å². The number of sulfone groups is 1. The minimum absolute atomic E-state index is 0.252. The lowest BCUT2D eigenvalue weighted by Crippen LogP contribution is -2.18. The molecule has 0 heterocycles. The Morgan fingerprint density at radius 1 is 0.800 bits per heavy atom. The van der Waals surface area contributed by atoms with Crippen molar-refractivity contribution in [1.29, 1.82) is 0 Å². The lowest BCUT2D eigenvalue weighted by molar-refractivity contribution is -0.00519. The Labute approximate surface area is 178 Å². The Hall–Kier alpha value is -2.73. The van der Waals surface area contributed by atoms with E-state index in [4.69, 9.17) is 9.47 Å². The highest BCUT2D eigenvalue weighted by Gasteiger charge is 2.13. The summed E-state index contributed by atoms with van der Waals surface area (Å²) in [4.78, 5) is 0.261. The summed E-state index contributed by atoms with van der Waals surface area (Å²) in [5, 5.41) is 1.21. The van der Waals surface area contributed by atoms with Gasteiger partial charge < -0.3 is 9.47 Å². The van der Waals surface area contributed by atoms with Gasteiger partial charge in [-0.05, 0) is 36.3 Å². The molecular formula is C25H26O4S. The van der Waals surface area contributed by atoms with Crippen LogP contribution in [0, 0.1) is 6.92 Å². The summed E-state index contributed by atoms with van der Waals surface area (Å²) in [5.74, 6) is 0. The molecule has 3 aromatic carbocycles. The SMILES string of the molecule is Cc1ccc(S(=O)(=O)/C=C/[C@H](COCc2ccccc2)OCc2ccccc2)cc1. The molecule has 3 aromatic rings. The van der Waals surface area contributed by atoms with Gasteiger partial charge in [-0.1, -0.05) is 78.4 Å². The molecule has 30 heavy (non-hydrogen) atoms. The monoisotopic (exact) mass is 422 g/mol. The first-order chi connectivity index (χ1) is 14.5. The molecule has 0 bridgehead atoms. The van der Waals surface area contributed by atoms with E-state index in [1.807, 2.05) is 67.6 Å². The highest BCUT2D eigenvalue weighted by atomic mass is 32.2. The highest BCUT2D eigenvalue weighted by Crippen LogP contribution is 2.15. The first kappa shape index (κ1) is 22.0. The standard InChI is InChI=1S/C25H26O4S/c1-21-12-14-25(15-13-21)30(26,27)17-16-24(29-19-23-10-6-3-7-11-23)20-28-18-22-8-4-2-5-9-22/h2-17,24H,18-20H2,1H3/b17-16+/t24-/m1/s1. The van der Waals surface area contributed by atoms with Crippen LogP contribution in [0.3, 0.4) is 0 Å². The van der Waals surface area contributed by atoms with Crippen molar-refractivity contribution < 1.29 is 17.9 Å². The molecule has 0 N–H and O–H groups in total. The topological polar surface area (TPSA) is 52.6 Å². The number of benzene rings is 3. The van der Waals surface area contributed by atoms with Crippen molar-refractivity contribution in [3.05, 3.63) is 113 Å². The number of hydrogen-bond acceptors (Lipinski definition) is 4. The number of aryl methyl sites for hydroxylation is 1. The van der Waals surface area contributed by atoms with Gasteiger partial charge in [-0.2, -0.15) is 0 Å². The van der Waals surface area contributed by atoms with E-state index in [1.165, 1.54) is 5.41 Å². The molecule has 3 rings (SSSR count). The minimum atomic E-state index is -3.55. The quantitative estimate of drug-likeness (QED) is 0.457. The summed E-state index contributed by atoms with van der Waals surface area (Å²) in [5.41, 5.74) is 3.08. The lowest BCUT2D eigenvalue weighted by Gasteiger charge is -2.15. The predicted octanol–water partition coefficient (Wildman–Crippen LogP) is 5.08. The Kier molecular flexibility index (Phi) is 7.97. The third-order valence-electron chi connectivity index (χ3n) is 4.52. The van der Waals surface area contributed by atoms with Crippen LogP contribution in [0.15, 0.2) is 101 Å². The van der Waals surface area contributed by atoms with Crippen LogP contribution >= 0.6 is 0 Å². The lowest BCUT2D eigenvalue weighted by atomic mass is 10.2. The molecule has 0 amide bonds. The predicted molar refractivity (Wildman–Crippen MR) is 119 cm³/mol. The van der Waals surface area contributed by atoms with Crippen LogP contribution in [0.2, 0.25) is 0 Å². The van der Waals surface area contributed by atoms with E-state index in [9.17, 15) is 8.42 Å². The van der Waals surface area contributed by atoms with E-state index in [-0.39, 0.29) is 11.5 Å². The van der Waals surface area contributed by atoms with Crippen molar-refractivity contribution in [1.82, 2.24) is 0 Å². The Morgan fingerprint density at radius 3 is 1.97 bits per heavy atom. The summed E-state index contributed by atoms with van der Waals surface area (Å²) >= 11 is 0. The molecule has 0 fully saturated rings. The smallest absolute Gasteiger partial charge is 0.199 e. The molecule has 0 spiro atoms. The molecule has 156 valence electrons. The van der Waals surface area contributed by atoms with E-state index in [2.05, 4.69) is 0 Å². The van der Waals surface area contributed by atoms with Crippen LogP contribution in [-0.4, -0.2) is 21.1 Å². The summed E-state index contributed by atoms with van der Waals surface area (Å²) in [6.45, 7) is 2.98. The fourth-order valence-corrected chi connectivity index (χ4v) is 3.86. The molecule has 0 aliphatic carbocycles. The minimum Gasteiger partial charge on any atom is -0.374 e. The van der Waals surface area contributed by atoms with Gasteiger partial charge in [0.25, 0.3) is 0 Å². The Balaban J connectivity index is 1.67. The third kappa shape index (κ3) is 6.95. The summed E-state index contributed by atoms with van der Waals surface area (Å²) in [6.07, 6.45) is 1.07. The second kappa shape index (κ2) is 10.9. The van der Waals surface area contributed by atoms with Crippen molar-refractivity contribution in [3.8, 4) is 0 Å². The van der Waals surface area contributed by atoms with Crippen molar-refractivity contribution in [2.75, 3.05) is 6.61 Å². The van der Waals surface area contributed by atoms with Gasteiger partial charge in [0.2, 0.25) is 0 Å². The maximum atomic E-state index is 12.6. The second-order valence-electron chi connectivity index (χ2n) is 7.02. The van der Waals surface area contributed by atoms with Gasteiger partial charge in [-0.3, -0.25) is 0 Å². The van der Waals surface area contributed by atoms with Crippen LogP contribution in [0.25, 0.3) is 0 Å². The van der Waals surface area contributed by atoms with Gasteiger partial charge in [-0.25, -0.2) is 8.42 Å². The average Bonchev–Trinajstić information content (AvgIpc) is 2.77. The molecule has 1 atom stereocenters. The molecule has 0 saturated carbocycles. The van der Waals surface area contributed by atoms with Crippen LogP contribution in [0.4, 0.5) is 0 Å². The fraction of sp³-hybridized carbons (Fsp3) is 0.200. The van der Waals surface area contributed by atoms with Crippen LogP contribution < -0.4 is 0 Å². The fourth-order valence-electron chi connectivity index (χ4n) is 2.80. The number of hydrogen-bond donors (Lipinski definition) is 0. The molecule has 0 aromatic heterocycles. The zero-order valence-corrected chi connectivity index (χ0v) is 17.8. The van der Waals surface area contributed by atoms with E-state index in [0.717, 1.165) is 16.7 Å². The molecular weight excluding hydrogens is 396 g/mol. The van der Waals surface area contributed by atoms with Crippen LogP contribution in [-0.2, 0) is 32.5 Å². The zero-order valence-electron chi connectivity index (χ0n) is 17.0. The van der Waals surface area contributed by atoms with E-state index in [0.29, 0.717) is 13.2 Å². The van der Waals surface area contributed by atoms with Gasteiger partial charge in [-0.15, -0.1) is 0 Å². The maximum Gasteiger partial charge on any atom is 0.199 e. The summed E-state index contributed by atoms with van der Waals surface area (Å²) in [6, 6.07) is 26.4. The second-order valence-corrected chi connectivity index (χ2v) is 8.86. The normalized spacial score (nSPS) is 12.8. The third-order valence-corrected chi connectivity index (χ3v) is 5.97. The molecule has 4 nitrogen and oxygen atoms in total. The molecule has 0 aliphatic rings.